The normalized spacial score (nSPS) is 11.0. The van der Waals surface area contributed by atoms with Gasteiger partial charge in [-0.25, -0.2) is 0 Å². The summed E-state index contributed by atoms with van der Waals surface area (Å²) >= 11 is 3.62. The summed E-state index contributed by atoms with van der Waals surface area (Å²) in [5, 5.41) is 3.40. The fourth-order valence-corrected chi connectivity index (χ4v) is 4.38. The lowest BCUT2D eigenvalue weighted by molar-refractivity contribution is 1.05. The second-order valence-electron chi connectivity index (χ2n) is 4.76. The van der Waals surface area contributed by atoms with Gasteiger partial charge in [-0.3, -0.25) is 0 Å². The molecule has 4 rings (SSSR count). The van der Waals surface area contributed by atoms with Crippen LogP contribution in [0.15, 0.2) is 87.5 Å². The third-order valence-corrected chi connectivity index (χ3v) is 5.56. The van der Waals surface area contributed by atoms with Crippen molar-refractivity contribution >= 4 is 28.6 Å². The van der Waals surface area contributed by atoms with E-state index in [4.69, 9.17) is 0 Å². The number of benzene rings is 1. The highest BCUT2D eigenvalue weighted by Crippen LogP contribution is 2.39. The second-order valence-corrected chi connectivity index (χ2v) is 7.00. The van der Waals surface area contributed by atoms with Crippen molar-refractivity contribution in [3.05, 3.63) is 78.3 Å². The standard InChI is InChI=1S/C18H13NS2/c1-2-7-14(8-3-1)16-13-15-9-4-5-11-19(15)18(16)21-17-10-6-12-20-17/h1-13H. The predicted molar refractivity (Wildman–Crippen MR) is 91.3 cm³/mol. The Labute approximate surface area is 131 Å². The van der Waals surface area contributed by atoms with Crippen molar-refractivity contribution in [2.45, 2.75) is 9.24 Å². The zero-order valence-electron chi connectivity index (χ0n) is 11.3. The average molecular weight is 307 g/mol. The number of pyridine rings is 1. The lowest BCUT2D eigenvalue weighted by Gasteiger charge is -2.05. The fourth-order valence-electron chi connectivity index (χ4n) is 2.44. The smallest absolute Gasteiger partial charge is 0.0930 e. The molecule has 3 heterocycles. The molecule has 4 aromatic rings. The van der Waals surface area contributed by atoms with E-state index in [1.54, 1.807) is 11.3 Å². The lowest BCUT2D eigenvalue weighted by Crippen LogP contribution is -1.85. The number of nitrogens with zero attached hydrogens (tertiary/aromatic N) is 1. The van der Waals surface area contributed by atoms with Gasteiger partial charge in [0.25, 0.3) is 0 Å². The topological polar surface area (TPSA) is 4.41 Å². The van der Waals surface area contributed by atoms with Crippen molar-refractivity contribution in [2.24, 2.45) is 0 Å². The Morgan fingerprint density at radius 2 is 1.71 bits per heavy atom. The maximum Gasteiger partial charge on any atom is 0.0930 e. The quantitative estimate of drug-likeness (QED) is 0.461. The minimum absolute atomic E-state index is 1.23. The molecule has 0 atom stereocenters. The van der Waals surface area contributed by atoms with Crippen molar-refractivity contribution < 1.29 is 0 Å². The number of hydrogen-bond donors (Lipinski definition) is 0. The van der Waals surface area contributed by atoms with Crippen LogP contribution in [0, 0.1) is 0 Å². The molecule has 1 aromatic carbocycles. The van der Waals surface area contributed by atoms with Crippen LogP contribution in [-0.2, 0) is 0 Å². The third-order valence-electron chi connectivity index (χ3n) is 3.41. The van der Waals surface area contributed by atoms with Crippen LogP contribution in [-0.4, -0.2) is 4.40 Å². The summed E-state index contributed by atoms with van der Waals surface area (Å²) in [5.74, 6) is 0. The first-order valence-electron chi connectivity index (χ1n) is 6.79. The lowest BCUT2D eigenvalue weighted by atomic mass is 10.1. The van der Waals surface area contributed by atoms with E-state index < -0.39 is 0 Å². The van der Waals surface area contributed by atoms with E-state index in [1.165, 1.54) is 25.9 Å². The van der Waals surface area contributed by atoms with E-state index in [0.29, 0.717) is 0 Å². The van der Waals surface area contributed by atoms with Crippen LogP contribution in [0.4, 0.5) is 0 Å². The summed E-state index contributed by atoms with van der Waals surface area (Å²) < 4.78 is 3.59. The van der Waals surface area contributed by atoms with Crippen LogP contribution in [0.3, 0.4) is 0 Å². The third kappa shape index (κ3) is 2.39. The number of thiophene rings is 1. The minimum atomic E-state index is 1.23. The molecule has 0 amide bonds. The molecule has 1 nitrogen and oxygen atoms in total. The number of aromatic nitrogens is 1. The molecule has 0 N–H and O–H groups in total. The van der Waals surface area contributed by atoms with E-state index in [1.807, 2.05) is 11.8 Å². The molecule has 0 saturated carbocycles. The number of fused-ring (bicyclic) bond motifs is 1. The highest BCUT2D eigenvalue weighted by Gasteiger charge is 2.13. The van der Waals surface area contributed by atoms with Gasteiger partial charge in [0.15, 0.2) is 0 Å². The Morgan fingerprint density at radius 1 is 0.857 bits per heavy atom. The highest BCUT2D eigenvalue weighted by molar-refractivity contribution is 8.01. The SMILES string of the molecule is c1ccc(-c2cc3ccccn3c2Sc2cccs2)cc1. The van der Waals surface area contributed by atoms with Crippen molar-refractivity contribution in [2.75, 3.05) is 0 Å². The van der Waals surface area contributed by atoms with Crippen LogP contribution in [0.25, 0.3) is 16.6 Å². The highest BCUT2D eigenvalue weighted by atomic mass is 32.2. The fraction of sp³-hybridized carbons (Fsp3) is 0. The molecule has 102 valence electrons. The Balaban J connectivity index is 1.93. The van der Waals surface area contributed by atoms with Gasteiger partial charge in [-0.15, -0.1) is 11.3 Å². The Morgan fingerprint density at radius 3 is 2.52 bits per heavy atom. The van der Waals surface area contributed by atoms with E-state index in [2.05, 4.69) is 82.7 Å². The molecule has 0 aliphatic carbocycles. The minimum Gasteiger partial charge on any atom is -0.311 e. The van der Waals surface area contributed by atoms with Crippen molar-refractivity contribution in [3.63, 3.8) is 0 Å². The number of hydrogen-bond acceptors (Lipinski definition) is 2. The zero-order valence-corrected chi connectivity index (χ0v) is 12.9. The van der Waals surface area contributed by atoms with Crippen LogP contribution in [0.5, 0.6) is 0 Å². The first kappa shape index (κ1) is 12.7. The zero-order chi connectivity index (χ0) is 14.1. The summed E-state index contributed by atoms with van der Waals surface area (Å²) in [7, 11) is 0. The van der Waals surface area contributed by atoms with Gasteiger partial charge in [-0.1, -0.05) is 54.2 Å². The molecule has 21 heavy (non-hydrogen) atoms. The molecule has 0 aliphatic heterocycles. The first-order valence-corrected chi connectivity index (χ1v) is 8.48. The van der Waals surface area contributed by atoms with Crippen LogP contribution in [0.2, 0.25) is 0 Å². The Bertz CT molecular complexity index is 861. The van der Waals surface area contributed by atoms with Gasteiger partial charge in [-0.2, -0.15) is 0 Å². The summed E-state index contributed by atoms with van der Waals surface area (Å²) in [6, 6.07) is 23.5. The molecule has 0 saturated heterocycles. The monoisotopic (exact) mass is 307 g/mol. The van der Waals surface area contributed by atoms with Gasteiger partial charge in [0.05, 0.1) is 9.24 Å². The molecule has 0 fully saturated rings. The van der Waals surface area contributed by atoms with Crippen molar-refractivity contribution in [3.8, 4) is 11.1 Å². The number of rotatable bonds is 3. The molecule has 0 unspecified atom stereocenters. The maximum absolute atomic E-state index is 2.27. The summed E-state index contributed by atoms with van der Waals surface area (Å²) in [5.41, 5.74) is 3.79. The molecule has 0 spiro atoms. The van der Waals surface area contributed by atoms with Crippen LogP contribution < -0.4 is 0 Å². The Hall–Kier alpha value is -1.97. The van der Waals surface area contributed by atoms with Crippen molar-refractivity contribution in [1.82, 2.24) is 4.40 Å². The van der Waals surface area contributed by atoms with Gasteiger partial charge in [0.2, 0.25) is 0 Å². The van der Waals surface area contributed by atoms with E-state index in [9.17, 15) is 0 Å². The molecular weight excluding hydrogens is 294 g/mol. The van der Waals surface area contributed by atoms with E-state index in [0.717, 1.165) is 0 Å². The molecule has 0 aliphatic rings. The van der Waals surface area contributed by atoms with Gasteiger partial charge in [-0.05, 0) is 35.2 Å². The largest absolute Gasteiger partial charge is 0.311 e. The molecule has 3 aromatic heterocycles. The van der Waals surface area contributed by atoms with Gasteiger partial charge >= 0.3 is 0 Å². The van der Waals surface area contributed by atoms with Crippen LogP contribution >= 0.6 is 23.1 Å². The van der Waals surface area contributed by atoms with Crippen LogP contribution in [0.1, 0.15) is 0 Å². The molecule has 0 radical (unpaired) electrons. The molecule has 3 heteroatoms. The van der Waals surface area contributed by atoms with E-state index in [-0.39, 0.29) is 0 Å². The summed E-state index contributed by atoms with van der Waals surface area (Å²) in [4.78, 5) is 0. The van der Waals surface area contributed by atoms with Gasteiger partial charge in [0, 0.05) is 17.3 Å². The van der Waals surface area contributed by atoms with Gasteiger partial charge in [0.1, 0.15) is 0 Å². The molecular formula is C18H13NS2. The first-order chi connectivity index (χ1) is 10.4. The maximum atomic E-state index is 2.27. The summed E-state index contributed by atoms with van der Waals surface area (Å²) in [6.07, 6.45) is 2.14. The van der Waals surface area contributed by atoms with Gasteiger partial charge < -0.3 is 4.40 Å². The molecule has 0 bridgehead atoms. The van der Waals surface area contributed by atoms with E-state index >= 15 is 0 Å². The second kappa shape index (κ2) is 5.43. The Kier molecular flexibility index (Phi) is 3.30. The van der Waals surface area contributed by atoms with Crippen molar-refractivity contribution in [1.29, 1.82) is 0 Å². The predicted octanol–water partition coefficient (Wildman–Crippen LogP) is 5.82. The average Bonchev–Trinajstić information content (AvgIpc) is 3.17. The summed E-state index contributed by atoms with van der Waals surface area (Å²) in [6.45, 7) is 0.